The largest absolute Gasteiger partial charge is 0.462 e. The van der Waals surface area contributed by atoms with Crippen LogP contribution in [-0.2, 0) is 9.53 Å². The summed E-state index contributed by atoms with van der Waals surface area (Å²) in [7, 11) is 0. The highest BCUT2D eigenvalue weighted by atomic mass is 19.3. The number of hydrogen-bond donors (Lipinski definition) is 0. The maximum absolute atomic E-state index is 13.7. The SMILES string of the molecule is CCOC(=O)C(F)(F)CC(N=[N+]=[N-])c1ccc(C)cc1. The molecule has 0 aromatic heterocycles. The van der Waals surface area contributed by atoms with Crippen LogP contribution in [0, 0.1) is 6.92 Å². The van der Waals surface area contributed by atoms with E-state index in [2.05, 4.69) is 14.8 Å². The van der Waals surface area contributed by atoms with E-state index in [1.807, 2.05) is 6.92 Å². The van der Waals surface area contributed by atoms with Gasteiger partial charge in [0.2, 0.25) is 0 Å². The van der Waals surface area contributed by atoms with Gasteiger partial charge < -0.3 is 4.74 Å². The van der Waals surface area contributed by atoms with Crippen molar-refractivity contribution in [1.29, 1.82) is 0 Å². The van der Waals surface area contributed by atoms with Crippen molar-refractivity contribution < 1.29 is 18.3 Å². The van der Waals surface area contributed by atoms with E-state index in [1.165, 1.54) is 6.92 Å². The van der Waals surface area contributed by atoms with Crippen LogP contribution in [0.4, 0.5) is 8.78 Å². The van der Waals surface area contributed by atoms with Crippen LogP contribution in [0.2, 0.25) is 0 Å². The van der Waals surface area contributed by atoms with Gasteiger partial charge in [-0.05, 0) is 24.9 Å². The van der Waals surface area contributed by atoms with Crippen molar-refractivity contribution in [3.63, 3.8) is 0 Å². The molecule has 0 aliphatic rings. The second-order valence-electron chi connectivity index (χ2n) is 4.26. The summed E-state index contributed by atoms with van der Waals surface area (Å²) in [4.78, 5) is 13.7. The van der Waals surface area contributed by atoms with E-state index in [0.717, 1.165) is 5.56 Å². The van der Waals surface area contributed by atoms with Gasteiger partial charge >= 0.3 is 11.9 Å². The van der Waals surface area contributed by atoms with E-state index >= 15 is 0 Å². The second kappa shape index (κ2) is 6.86. The molecule has 1 aromatic rings. The summed E-state index contributed by atoms with van der Waals surface area (Å²) < 4.78 is 31.7. The van der Waals surface area contributed by atoms with Crippen LogP contribution in [0.25, 0.3) is 10.4 Å². The van der Waals surface area contributed by atoms with E-state index < -0.39 is 24.4 Å². The Morgan fingerprint density at radius 1 is 1.45 bits per heavy atom. The molecule has 0 saturated heterocycles. The molecule has 0 radical (unpaired) electrons. The Hall–Kier alpha value is -2.14. The lowest BCUT2D eigenvalue weighted by atomic mass is 10.00. The number of alkyl halides is 2. The van der Waals surface area contributed by atoms with Gasteiger partial charge in [-0.1, -0.05) is 34.9 Å². The molecule has 0 bridgehead atoms. The van der Waals surface area contributed by atoms with Crippen LogP contribution >= 0.6 is 0 Å². The molecule has 1 unspecified atom stereocenters. The second-order valence-corrected chi connectivity index (χ2v) is 4.26. The van der Waals surface area contributed by atoms with Gasteiger partial charge in [0.25, 0.3) is 0 Å². The number of nitrogens with zero attached hydrogens (tertiary/aromatic N) is 3. The number of azide groups is 1. The fourth-order valence-electron chi connectivity index (χ4n) is 1.64. The maximum atomic E-state index is 13.7. The molecule has 1 atom stereocenters. The van der Waals surface area contributed by atoms with E-state index in [-0.39, 0.29) is 6.61 Å². The molecule has 7 heteroatoms. The zero-order chi connectivity index (χ0) is 15.2. The van der Waals surface area contributed by atoms with Crippen LogP contribution in [0.3, 0.4) is 0 Å². The van der Waals surface area contributed by atoms with Crippen LogP contribution in [0.1, 0.15) is 30.5 Å². The molecule has 0 amide bonds. The summed E-state index contributed by atoms with van der Waals surface area (Å²) in [6.07, 6.45) is -0.918. The minimum absolute atomic E-state index is 0.134. The quantitative estimate of drug-likeness (QED) is 0.343. The fraction of sp³-hybridized carbons (Fsp3) is 0.462. The van der Waals surface area contributed by atoms with E-state index in [0.29, 0.717) is 5.56 Å². The first kappa shape index (κ1) is 15.9. The number of carbonyl (C=O) groups is 1. The predicted octanol–water partition coefficient (Wildman–Crippen LogP) is 3.93. The fourth-order valence-corrected chi connectivity index (χ4v) is 1.64. The number of esters is 1. The number of benzene rings is 1. The van der Waals surface area contributed by atoms with Crippen LogP contribution in [0.15, 0.2) is 29.4 Å². The zero-order valence-corrected chi connectivity index (χ0v) is 11.2. The molecule has 0 aliphatic heterocycles. The molecule has 0 saturated carbocycles. The Morgan fingerprint density at radius 2 is 2.05 bits per heavy atom. The van der Waals surface area contributed by atoms with Crippen molar-refractivity contribution in [2.45, 2.75) is 32.2 Å². The topological polar surface area (TPSA) is 75.1 Å². The highest BCUT2D eigenvalue weighted by Gasteiger charge is 2.42. The summed E-state index contributed by atoms with van der Waals surface area (Å²) in [6.45, 7) is 3.16. The molecule has 0 fully saturated rings. The number of hydrogen-bond acceptors (Lipinski definition) is 3. The monoisotopic (exact) mass is 283 g/mol. The Labute approximate surface area is 115 Å². The Kier molecular flexibility index (Phi) is 5.46. The lowest BCUT2D eigenvalue weighted by Crippen LogP contribution is -2.32. The summed E-state index contributed by atoms with van der Waals surface area (Å²) in [5.74, 6) is -5.30. The van der Waals surface area contributed by atoms with Gasteiger partial charge in [-0.25, -0.2) is 4.79 Å². The molecule has 20 heavy (non-hydrogen) atoms. The van der Waals surface area contributed by atoms with Gasteiger partial charge in [0.15, 0.2) is 0 Å². The number of ether oxygens (including phenoxy) is 1. The van der Waals surface area contributed by atoms with Crippen molar-refractivity contribution in [3.8, 4) is 0 Å². The third-order valence-corrected chi connectivity index (χ3v) is 2.68. The lowest BCUT2D eigenvalue weighted by molar-refractivity contribution is -0.172. The Morgan fingerprint density at radius 3 is 2.55 bits per heavy atom. The van der Waals surface area contributed by atoms with Gasteiger partial charge in [0.1, 0.15) is 0 Å². The average molecular weight is 283 g/mol. The molecule has 0 N–H and O–H groups in total. The minimum atomic E-state index is -3.69. The first-order chi connectivity index (χ1) is 9.40. The predicted molar refractivity (Wildman–Crippen MR) is 69.3 cm³/mol. The maximum Gasteiger partial charge on any atom is 0.376 e. The smallest absolute Gasteiger partial charge is 0.376 e. The first-order valence-electron chi connectivity index (χ1n) is 6.06. The van der Waals surface area contributed by atoms with Gasteiger partial charge in [-0.3, -0.25) is 0 Å². The van der Waals surface area contributed by atoms with E-state index in [4.69, 9.17) is 5.53 Å². The summed E-state index contributed by atoms with van der Waals surface area (Å²) in [5, 5.41) is 3.34. The van der Waals surface area contributed by atoms with Crippen molar-refractivity contribution in [2.75, 3.05) is 6.61 Å². The van der Waals surface area contributed by atoms with Crippen LogP contribution in [0.5, 0.6) is 0 Å². The standard InChI is InChI=1S/C13H15F2N3O2/c1-3-20-12(19)13(14,15)8-11(17-18-16)10-6-4-9(2)5-7-10/h4-7,11H,3,8H2,1-2H3. The molecule has 108 valence electrons. The van der Waals surface area contributed by atoms with Crippen molar-refractivity contribution >= 4 is 5.97 Å². The van der Waals surface area contributed by atoms with Crippen LogP contribution in [-0.4, -0.2) is 18.5 Å². The molecule has 1 rings (SSSR count). The first-order valence-corrected chi connectivity index (χ1v) is 6.06. The average Bonchev–Trinajstić information content (AvgIpc) is 2.39. The number of aryl methyl sites for hydroxylation is 1. The number of halogens is 2. The number of rotatable bonds is 6. The van der Waals surface area contributed by atoms with Crippen molar-refractivity contribution in [2.24, 2.45) is 5.11 Å². The van der Waals surface area contributed by atoms with E-state index in [1.54, 1.807) is 24.3 Å². The third-order valence-electron chi connectivity index (χ3n) is 2.68. The molecule has 0 spiro atoms. The number of carbonyl (C=O) groups excluding carboxylic acids is 1. The molecule has 1 aromatic carbocycles. The van der Waals surface area contributed by atoms with Crippen molar-refractivity contribution in [3.05, 3.63) is 45.8 Å². The lowest BCUT2D eigenvalue weighted by Gasteiger charge is -2.19. The highest BCUT2D eigenvalue weighted by molar-refractivity contribution is 5.77. The summed E-state index contributed by atoms with van der Waals surface area (Å²) in [5.41, 5.74) is 9.87. The third kappa shape index (κ3) is 4.20. The summed E-state index contributed by atoms with van der Waals surface area (Å²) >= 11 is 0. The zero-order valence-electron chi connectivity index (χ0n) is 11.2. The Balaban J connectivity index is 2.95. The molecular formula is C13H15F2N3O2. The molecule has 5 nitrogen and oxygen atoms in total. The normalized spacial score (nSPS) is 12.4. The highest BCUT2D eigenvalue weighted by Crippen LogP contribution is 2.32. The van der Waals surface area contributed by atoms with E-state index in [9.17, 15) is 13.6 Å². The van der Waals surface area contributed by atoms with Crippen LogP contribution < -0.4 is 0 Å². The van der Waals surface area contributed by atoms with Crippen molar-refractivity contribution in [1.82, 2.24) is 0 Å². The van der Waals surface area contributed by atoms with Gasteiger partial charge in [-0.15, -0.1) is 0 Å². The summed E-state index contributed by atoms with van der Waals surface area (Å²) in [6, 6.07) is 5.50. The molecular weight excluding hydrogens is 268 g/mol. The Bertz CT molecular complexity index is 511. The minimum Gasteiger partial charge on any atom is -0.462 e. The van der Waals surface area contributed by atoms with Gasteiger partial charge in [-0.2, -0.15) is 8.78 Å². The van der Waals surface area contributed by atoms with Gasteiger partial charge in [0.05, 0.1) is 12.6 Å². The van der Waals surface area contributed by atoms with Gasteiger partial charge in [0, 0.05) is 11.3 Å². The molecule has 0 heterocycles. The molecule has 0 aliphatic carbocycles.